The zero-order valence-electron chi connectivity index (χ0n) is 17.9. The van der Waals surface area contributed by atoms with Gasteiger partial charge < -0.3 is 14.5 Å². The molecule has 8 nitrogen and oxygen atoms in total. The van der Waals surface area contributed by atoms with Gasteiger partial charge >= 0.3 is 0 Å². The molecule has 31 heavy (non-hydrogen) atoms. The molecule has 1 aliphatic rings. The number of fused-ring (bicyclic) bond motifs is 1. The molecule has 8 heteroatoms. The van der Waals surface area contributed by atoms with Crippen molar-refractivity contribution in [2.24, 2.45) is 7.05 Å². The summed E-state index contributed by atoms with van der Waals surface area (Å²) in [5.41, 5.74) is 2.33. The summed E-state index contributed by atoms with van der Waals surface area (Å²) in [6, 6.07) is 11.5. The molecule has 1 aliphatic heterocycles. The molecule has 2 aromatic heterocycles. The van der Waals surface area contributed by atoms with Crippen LogP contribution in [0.2, 0.25) is 0 Å². The van der Waals surface area contributed by atoms with E-state index in [1.165, 1.54) is 7.11 Å². The standard InChI is InChI=1S/C23H27N5O3/c1-26-20-10-4-3-9-19(20)22(25-26)23(30)27-12-6-8-18(15-27)28(21(29)16-31-2)14-17-7-5-11-24-13-17/h3-5,7,9-11,13,18H,6,8,12,14-16H2,1-2H3. The highest BCUT2D eigenvalue weighted by molar-refractivity contribution is 6.04. The second kappa shape index (κ2) is 9.26. The number of amides is 2. The number of likely N-dealkylation sites (tertiary alicyclic amines) is 1. The number of rotatable bonds is 6. The first-order valence-electron chi connectivity index (χ1n) is 10.5. The number of nitrogens with zero attached hydrogens (tertiary/aromatic N) is 5. The summed E-state index contributed by atoms with van der Waals surface area (Å²) in [5.74, 6) is -0.184. The van der Waals surface area contributed by atoms with Crippen LogP contribution in [-0.4, -0.2) is 69.2 Å². The highest BCUT2D eigenvalue weighted by Crippen LogP contribution is 2.23. The van der Waals surface area contributed by atoms with E-state index in [1.54, 1.807) is 17.1 Å². The van der Waals surface area contributed by atoms with Gasteiger partial charge in [0, 0.05) is 57.6 Å². The van der Waals surface area contributed by atoms with Crippen LogP contribution in [0.4, 0.5) is 0 Å². The number of para-hydroxylation sites is 1. The van der Waals surface area contributed by atoms with Crippen molar-refractivity contribution in [1.29, 1.82) is 0 Å². The molecular weight excluding hydrogens is 394 g/mol. The highest BCUT2D eigenvalue weighted by atomic mass is 16.5. The number of pyridine rings is 1. The average Bonchev–Trinajstić information content (AvgIpc) is 3.14. The van der Waals surface area contributed by atoms with Crippen LogP contribution in [0.25, 0.3) is 10.9 Å². The zero-order valence-corrected chi connectivity index (χ0v) is 17.9. The number of piperidine rings is 1. The average molecular weight is 422 g/mol. The van der Waals surface area contributed by atoms with Gasteiger partial charge in [0.1, 0.15) is 6.61 Å². The maximum atomic E-state index is 13.4. The molecule has 1 atom stereocenters. The lowest BCUT2D eigenvalue weighted by atomic mass is 10.0. The Kier molecular flexibility index (Phi) is 6.27. The summed E-state index contributed by atoms with van der Waals surface area (Å²) >= 11 is 0. The van der Waals surface area contributed by atoms with Gasteiger partial charge in [-0.3, -0.25) is 19.3 Å². The van der Waals surface area contributed by atoms with Crippen molar-refractivity contribution in [2.45, 2.75) is 25.4 Å². The van der Waals surface area contributed by atoms with Crippen molar-refractivity contribution < 1.29 is 14.3 Å². The molecule has 1 aromatic carbocycles. The Morgan fingerprint density at radius 3 is 2.84 bits per heavy atom. The molecule has 0 bridgehead atoms. The lowest BCUT2D eigenvalue weighted by Crippen LogP contribution is -2.52. The van der Waals surface area contributed by atoms with E-state index >= 15 is 0 Å². The fourth-order valence-corrected chi connectivity index (χ4v) is 4.23. The second-order valence-electron chi connectivity index (χ2n) is 7.85. The number of carbonyl (C=O) groups is 2. The van der Waals surface area contributed by atoms with Gasteiger partial charge in [0.05, 0.1) is 5.52 Å². The third kappa shape index (κ3) is 4.44. The molecule has 0 N–H and O–H groups in total. The number of aryl methyl sites for hydroxylation is 1. The van der Waals surface area contributed by atoms with Gasteiger partial charge in [-0.15, -0.1) is 0 Å². The van der Waals surface area contributed by atoms with E-state index in [1.807, 2.05) is 53.2 Å². The van der Waals surface area contributed by atoms with E-state index < -0.39 is 0 Å². The quantitative estimate of drug-likeness (QED) is 0.610. The number of aromatic nitrogens is 3. The van der Waals surface area contributed by atoms with Crippen LogP contribution >= 0.6 is 0 Å². The van der Waals surface area contributed by atoms with Gasteiger partial charge in [-0.2, -0.15) is 5.10 Å². The highest BCUT2D eigenvalue weighted by Gasteiger charge is 2.32. The number of hydrogen-bond donors (Lipinski definition) is 0. The molecule has 4 rings (SSSR count). The van der Waals surface area contributed by atoms with Crippen molar-refractivity contribution in [3.8, 4) is 0 Å². The van der Waals surface area contributed by atoms with Crippen LogP contribution in [0.5, 0.6) is 0 Å². The molecule has 0 spiro atoms. The van der Waals surface area contributed by atoms with Crippen molar-refractivity contribution in [2.75, 3.05) is 26.8 Å². The third-order valence-corrected chi connectivity index (χ3v) is 5.75. The van der Waals surface area contributed by atoms with E-state index in [0.717, 1.165) is 29.3 Å². The van der Waals surface area contributed by atoms with E-state index in [2.05, 4.69) is 10.1 Å². The lowest BCUT2D eigenvalue weighted by molar-refractivity contribution is -0.139. The van der Waals surface area contributed by atoms with Crippen LogP contribution in [-0.2, 0) is 23.1 Å². The van der Waals surface area contributed by atoms with Crippen LogP contribution in [0.3, 0.4) is 0 Å². The van der Waals surface area contributed by atoms with E-state index in [0.29, 0.717) is 25.3 Å². The van der Waals surface area contributed by atoms with Crippen molar-refractivity contribution in [1.82, 2.24) is 24.6 Å². The molecule has 1 fully saturated rings. The van der Waals surface area contributed by atoms with Gasteiger partial charge in [-0.05, 0) is 30.5 Å². The molecule has 1 unspecified atom stereocenters. The SMILES string of the molecule is COCC(=O)N(Cc1cccnc1)C1CCCN(C(=O)c2nn(C)c3ccccc23)C1. The molecule has 0 radical (unpaired) electrons. The molecule has 2 amide bonds. The topological polar surface area (TPSA) is 80.6 Å². The minimum Gasteiger partial charge on any atom is -0.375 e. The maximum Gasteiger partial charge on any atom is 0.275 e. The summed E-state index contributed by atoms with van der Waals surface area (Å²) in [5, 5.41) is 5.33. The minimum absolute atomic E-state index is 0.00951. The number of methoxy groups -OCH3 is 1. The van der Waals surface area contributed by atoms with Crippen LogP contribution in [0, 0.1) is 0 Å². The van der Waals surface area contributed by atoms with Crippen molar-refractivity contribution >= 4 is 22.7 Å². The summed E-state index contributed by atoms with van der Waals surface area (Å²) in [4.78, 5) is 34.0. The largest absolute Gasteiger partial charge is 0.375 e. The van der Waals surface area contributed by atoms with E-state index in [-0.39, 0.29) is 24.5 Å². The fourth-order valence-electron chi connectivity index (χ4n) is 4.23. The van der Waals surface area contributed by atoms with E-state index in [9.17, 15) is 9.59 Å². The Hall–Kier alpha value is -3.26. The fraction of sp³-hybridized carbons (Fsp3) is 0.391. The predicted octanol–water partition coefficient (Wildman–Crippen LogP) is 2.25. The zero-order chi connectivity index (χ0) is 21.8. The monoisotopic (exact) mass is 421 g/mol. The van der Waals surface area contributed by atoms with Gasteiger partial charge in [0.25, 0.3) is 5.91 Å². The van der Waals surface area contributed by atoms with E-state index in [4.69, 9.17) is 4.74 Å². The van der Waals surface area contributed by atoms with Gasteiger partial charge in [-0.1, -0.05) is 24.3 Å². The normalized spacial score (nSPS) is 16.5. The lowest BCUT2D eigenvalue weighted by Gasteiger charge is -2.39. The Bertz CT molecular complexity index is 1070. The van der Waals surface area contributed by atoms with Gasteiger partial charge in [0.15, 0.2) is 5.69 Å². The molecule has 1 saturated heterocycles. The molecule has 0 saturated carbocycles. The number of ether oxygens (including phenoxy) is 1. The summed E-state index contributed by atoms with van der Waals surface area (Å²) in [6.07, 6.45) is 5.13. The first-order valence-corrected chi connectivity index (χ1v) is 10.5. The molecule has 162 valence electrons. The molecule has 3 aromatic rings. The Morgan fingerprint density at radius 1 is 1.23 bits per heavy atom. The van der Waals surface area contributed by atoms with Gasteiger partial charge in [0.2, 0.25) is 5.91 Å². The van der Waals surface area contributed by atoms with Crippen LogP contribution in [0.1, 0.15) is 28.9 Å². The maximum absolute atomic E-state index is 13.4. The number of carbonyl (C=O) groups excluding carboxylic acids is 2. The number of benzene rings is 1. The van der Waals surface area contributed by atoms with Crippen molar-refractivity contribution in [3.63, 3.8) is 0 Å². The van der Waals surface area contributed by atoms with Crippen LogP contribution < -0.4 is 0 Å². The smallest absolute Gasteiger partial charge is 0.275 e. The minimum atomic E-state index is -0.0954. The summed E-state index contributed by atoms with van der Waals surface area (Å²) < 4.78 is 6.84. The summed E-state index contributed by atoms with van der Waals surface area (Å²) in [7, 11) is 3.36. The Labute approximate surface area is 181 Å². The molecular formula is C23H27N5O3. The first kappa shape index (κ1) is 21.0. The predicted molar refractivity (Wildman–Crippen MR) is 116 cm³/mol. The van der Waals surface area contributed by atoms with Crippen molar-refractivity contribution in [3.05, 3.63) is 60.0 Å². The first-order chi connectivity index (χ1) is 15.1. The number of hydrogen-bond acceptors (Lipinski definition) is 5. The summed E-state index contributed by atoms with van der Waals surface area (Å²) in [6.45, 7) is 1.57. The van der Waals surface area contributed by atoms with Crippen LogP contribution in [0.15, 0.2) is 48.8 Å². The third-order valence-electron chi connectivity index (χ3n) is 5.75. The second-order valence-corrected chi connectivity index (χ2v) is 7.85. The van der Waals surface area contributed by atoms with Gasteiger partial charge in [-0.25, -0.2) is 0 Å². The Balaban J connectivity index is 1.56. The molecule has 3 heterocycles. The Morgan fingerprint density at radius 2 is 2.06 bits per heavy atom. The molecule has 0 aliphatic carbocycles.